The Bertz CT molecular complexity index is 878. The summed E-state index contributed by atoms with van der Waals surface area (Å²) in [5, 5.41) is 11.3. The van der Waals surface area contributed by atoms with Crippen molar-refractivity contribution in [2.45, 2.75) is 19.9 Å². The van der Waals surface area contributed by atoms with E-state index in [4.69, 9.17) is 4.74 Å². The second-order valence-electron chi connectivity index (χ2n) is 6.31. The van der Waals surface area contributed by atoms with Crippen LogP contribution in [0.4, 0.5) is 0 Å². The highest BCUT2D eigenvalue weighted by molar-refractivity contribution is 14.0. The lowest BCUT2D eigenvalue weighted by Gasteiger charge is -2.11. The lowest BCUT2D eigenvalue weighted by atomic mass is 10.1. The Morgan fingerprint density at radius 1 is 1.03 bits per heavy atom. The van der Waals surface area contributed by atoms with E-state index in [1.54, 1.807) is 7.11 Å². The molecule has 3 rings (SSSR count). The standard InChI is InChI=1S/C22H27N5O.HI/c1-3-23-22(24-15-13-18-9-11-21(28-2)12-10-18)25-17-19-14-16-27(26-19)20-7-5-4-6-8-20;/h4-12,14,16H,3,13,15,17H2,1-2H3,(H2,23,24,25);1H. The van der Waals surface area contributed by atoms with Crippen LogP contribution >= 0.6 is 24.0 Å². The number of nitrogens with zero attached hydrogens (tertiary/aromatic N) is 3. The van der Waals surface area contributed by atoms with E-state index in [1.807, 2.05) is 59.4 Å². The number of rotatable bonds is 8. The number of benzene rings is 2. The minimum absolute atomic E-state index is 0. The van der Waals surface area contributed by atoms with Gasteiger partial charge in [-0.1, -0.05) is 30.3 Å². The van der Waals surface area contributed by atoms with Crippen LogP contribution in [0.2, 0.25) is 0 Å². The molecule has 1 heterocycles. The molecule has 0 aliphatic rings. The molecule has 0 radical (unpaired) electrons. The molecule has 0 amide bonds. The van der Waals surface area contributed by atoms with Crippen LogP contribution in [0.3, 0.4) is 0 Å². The van der Waals surface area contributed by atoms with Gasteiger partial charge < -0.3 is 15.4 Å². The quantitative estimate of drug-likeness (QED) is 0.278. The van der Waals surface area contributed by atoms with Gasteiger partial charge in [0.25, 0.3) is 0 Å². The molecule has 2 aromatic carbocycles. The molecule has 0 atom stereocenters. The minimum atomic E-state index is 0. The van der Waals surface area contributed by atoms with Crippen molar-refractivity contribution in [1.82, 2.24) is 20.4 Å². The zero-order chi connectivity index (χ0) is 19.6. The molecule has 7 heteroatoms. The molecule has 1 aromatic heterocycles. The number of aromatic nitrogens is 2. The van der Waals surface area contributed by atoms with Gasteiger partial charge in [-0.05, 0) is 49.2 Å². The third kappa shape index (κ3) is 7.08. The van der Waals surface area contributed by atoms with Gasteiger partial charge in [-0.3, -0.25) is 0 Å². The van der Waals surface area contributed by atoms with Crippen molar-refractivity contribution in [2.75, 3.05) is 20.2 Å². The number of guanidine groups is 1. The molecule has 0 saturated carbocycles. The van der Waals surface area contributed by atoms with Crippen molar-refractivity contribution in [2.24, 2.45) is 4.99 Å². The average molecular weight is 505 g/mol. The summed E-state index contributed by atoms with van der Waals surface area (Å²) in [6.45, 7) is 4.20. The van der Waals surface area contributed by atoms with Gasteiger partial charge in [-0.25, -0.2) is 9.67 Å². The van der Waals surface area contributed by atoms with Crippen LogP contribution in [0.1, 0.15) is 18.2 Å². The molecule has 6 nitrogen and oxygen atoms in total. The second-order valence-corrected chi connectivity index (χ2v) is 6.31. The predicted molar refractivity (Wildman–Crippen MR) is 128 cm³/mol. The van der Waals surface area contributed by atoms with Gasteiger partial charge in [-0.15, -0.1) is 24.0 Å². The highest BCUT2D eigenvalue weighted by Crippen LogP contribution is 2.11. The normalized spacial score (nSPS) is 10.9. The molecule has 154 valence electrons. The maximum atomic E-state index is 5.20. The summed E-state index contributed by atoms with van der Waals surface area (Å²) < 4.78 is 7.07. The number of nitrogens with one attached hydrogen (secondary N) is 2. The van der Waals surface area contributed by atoms with Crippen LogP contribution in [0.5, 0.6) is 5.75 Å². The van der Waals surface area contributed by atoms with Gasteiger partial charge in [0.1, 0.15) is 5.75 Å². The number of para-hydroxylation sites is 1. The molecule has 0 aliphatic heterocycles. The van der Waals surface area contributed by atoms with Crippen LogP contribution in [-0.2, 0) is 13.0 Å². The first-order chi connectivity index (χ1) is 13.8. The number of halogens is 1. The fourth-order valence-electron chi connectivity index (χ4n) is 2.79. The average Bonchev–Trinajstić information content (AvgIpc) is 3.22. The maximum absolute atomic E-state index is 5.20. The van der Waals surface area contributed by atoms with Crippen molar-refractivity contribution in [1.29, 1.82) is 0 Å². The first-order valence-corrected chi connectivity index (χ1v) is 9.53. The van der Waals surface area contributed by atoms with E-state index in [9.17, 15) is 0 Å². The number of methoxy groups -OCH3 is 1. The third-order valence-corrected chi connectivity index (χ3v) is 4.27. The smallest absolute Gasteiger partial charge is 0.191 e. The molecule has 0 aliphatic carbocycles. The van der Waals surface area contributed by atoms with E-state index in [2.05, 4.69) is 39.8 Å². The molecular formula is C22H28IN5O. The molecular weight excluding hydrogens is 477 g/mol. The Morgan fingerprint density at radius 2 is 1.79 bits per heavy atom. The maximum Gasteiger partial charge on any atom is 0.191 e. The number of aliphatic imine (C=N–C) groups is 1. The van der Waals surface area contributed by atoms with Crippen molar-refractivity contribution in [3.63, 3.8) is 0 Å². The Balaban J connectivity index is 0.00000300. The summed E-state index contributed by atoms with van der Waals surface area (Å²) in [4.78, 5) is 4.65. The van der Waals surface area contributed by atoms with E-state index in [0.717, 1.165) is 42.6 Å². The summed E-state index contributed by atoms with van der Waals surface area (Å²) >= 11 is 0. The molecule has 0 saturated heterocycles. The fourth-order valence-corrected chi connectivity index (χ4v) is 2.79. The molecule has 0 fully saturated rings. The first kappa shape index (κ1) is 22.7. The summed E-state index contributed by atoms with van der Waals surface area (Å²) in [5.74, 6) is 1.67. The lowest BCUT2D eigenvalue weighted by Crippen LogP contribution is -2.38. The van der Waals surface area contributed by atoms with Gasteiger partial charge in [0, 0.05) is 19.3 Å². The summed E-state index contributed by atoms with van der Waals surface area (Å²) in [6, 6.07) is 20.2. The lowest BCUT2D eigenvalue weighted by molar-refractivity contribution is 0.414. The predicted octanol–water partition coefficient (Wildman–Crippen LogP) is 3.80. The second kappa shape index (κ2) is 12.1. The third-order valence-electron chi connectivity index (χ3n) is 4.27. The Labute approximate surface area is 189 Å². The van der Waals surface area contributed by atoms with Crippen LogP contribution in [0.15, 0.2) is 71.9 Å². The van der Waals surface area contributed by atoms with E-state index < -0.39 is 0 Å². The number of hydrogen-bond donors (Lipinski definition) is 2. The van der Waals surface area contributed by atoms with Crippen molar-refractivity contribution < 1.29 is 4.74 Å². The van der Waals surface area contributed by atoms with Crippen LogP contribution in [0, 0.1) is 0 Å². The molecule has 29 heavy (non-hydrogen) atoms. The zero-order valence-electron chi connectivity index (χ0n) is 16.8. The van der Waals surface area contributed by atoms with Crippen LogP contribution < -0.4 is 15.4 Å². The highest BCUT2D eigenvalue weighted by Gasteiger charge is 2.02. The first-order valence-electron chi connectivity index (χ1n) is 9.53. The summed E-state index contributed by atoms with van der Waals surface area (Å²) in [7, 11) is 1.68. The topological polar surface area (TPSA) is 63.5 Å². The molecule has 0 spiro atoms. The van der Waals surface area contributed by atoms with Gasteiger partial charge in [0.2, 0.25) is 0 Å². The van der Waals surface area contributed by atoms with Gasteiger partial charge in [0.05, 0.1) is 25.0 Å². The van der Waals surface area contributed by atoms with Crippen molar-refractivity contribution in [3.05, 3.63) is 78.1 Å². The zero-order valence-corrected chi connectivity index (χ0v) is 19.2. The Hall–Kier alpha value is -2.55. The van der Waals surface area contributed by atoms with E-state index in [0.29, 0.717) is 6.54 Å². The van der Waals surface area contributed by atoms with Crippen LogP contribution in [-0.4, -0.2) is 35.9 Å². The molecule has 0 bridgehead atoms. The highest BCUT2D eigenvalue weighted by atomic mass is 127. The van der Waals surface area contributed by atoms with Gasteiger partial charge >= 0.3 is 0 Å². The Morgan fingerprint density at radius 3 is 2.48 bits per heavy atom. The minimum Gasteiger partial charge on any atom is -0.497 e. The number of ether oxygens (including phenoxy) is 1. The van der Waals surface area contributed by atoms with E-state index >= 15 is 0 Å². The molecule has 3 aromatic rings. The monoisotopic (exact) mass is 505 g/mol. The summed E-state index contributed by atoms with van der Waals surface area (Å²) in [6.07, 6.45) is 2.88. The van der Waals surface area contributed by atoms with E-state index in [-0.39, 0.29) is 24.0 Å². The van der Waals surface area contributed by atoms with Gasteiger partial charge in [-0.2, -0.15) is 5.10 Å². The Kier molecular flexibility index (Phi) is 9.49. The van der Waals surface area contributed by atoms with E-state index in [1.165, 1.54) is 5.56 Å². The molecule has 0 unspecified atom stereocenters. The van der Waals surface area contributed by atoms with Crippen molar-refractivity contribution in [3.8, 4) is 11.4 Å². The largest absolute Gasteiger partial charge is 0.497 e. The van der Waals surface area contributed by atoms with Crippen LogP contribution in [0.25, 0.3) is 5.69 Å². The molecule has 2 N–H and O–H groups in total. The fraction of sp³-hybridized carbons (Fsp3) is 0.273. The van der Waals surface area contributed by atoms with Gasteiger partial charge in [0.15, 0.2) is 5.96 Å². The summed E-state index contributed by atoms with van der Waals surface area (Å²) in [5.41, 5.74) is 3.23. The van der Waals surface area contributed by atoms with Crippen molar-refractivity contribution >= 4 is 29.9 Å². The number of hydrogen-bond acceptors (Lipinski definition) is 3. The SMILES string of the molecule is CCNC(=NCc1ccn(-c2ccccc2)n1)NCCc1ccc(OC)cc1.I.